The second-order valence-corrected chi connectivity index (χ2v) is 7.63. The van der Waals surface area contributed by atoms with Crippen LogP contribution < -0.4 is 4.74 Å². The smallest absolute Gasteiger partial charge is 0.363 e. The normalized spacial score (nSPS) is 14.4. The number of rotatable bonds is 4. The quantitative estimate of drug-likeness (QED) is 0.282. The number of carbonyl (C=O) groups excluding carboxylic acids is 2. The lowest BCUT2D eigenvalue weighted by Crippen LogP contribution is -2.09. The molecular formula is C24H15Cl2NO4. The summed E-state index contributed by atoms with van der Waals surface area (Å²) >= 11 is 11.9. The summed E-state index contributed by atoms with van der Waals surface area (Å²) in [5.41, 5.74) is 2.88. The number of esters is 2. The van der Waals surface area contributed by atoms with Crippen molar-refractivity contribution in [2.45, 2.75) is 6.92 Å². The number of nitrogens with zero attached hydrogens (tertiary/aromatic N) is 1. The molecule has 0 aromatic heterocycles. The summed E-state index contributed by atoms with van der Waals surface area (Å²) in [5, 5.41) is 0.637. The summed E-state index contributed by atoms with van der Waals surface area (Å²) in [7, 11) is 0. The lowest BCUT2D eigenvalue weighted by atomic mass is 10.1. The molecule has 7 heteroatoms. The zero-order valence-corrected chi connectivity index (χ0v) is 17.8. The van der Waals surface area contributed by atoms with Crippen molar-refractivity contribution in [1.29, 1.82) is 0 Å². The Kier molecular flexibility index (Phi) is 5.89. The molecule has 0 unspecified atom stereocenters. The zero-order valence-electron chi connectivity index (χ0n) is 16.3. The molecule has 3 aromatic carbocycles. The average Bonchev–Trinajstić information content (AvgIpc) is 3.10. The first kappa shape index (κ1) is 20.8. The second kappa shape index (κ2) is 8.76. The van der Waals surface area contributed by atoms with Gasteiger partial charge in [0.1, 0.15) is 5.75 Å². The minimum atomic E-state index is -0.598. The lowest BCUT2D eigenvalue weighted by molar-refractivity contribution is -0.129. The first-order valence-electron chi connectivity index (χ1n) is 9.26. The van der Waals surface area contributed by atoms with Crippen molar-refractivity contribution >= 4 is 47.1 Å². The number of benzene rings is 3. The Morgan fingerprint density at radius 1 is 1.03 bits per heavy atom. The van der Waals surface area contributed by atoms with Crippen LogP contribution in [0.1, 0.15) is 27.0 Å². The van der Waals surface area contributed by atoms with Crippen LogP contribution in [0.2, 0.25) is 10.0 Å². The van der Waals surface area contributed by atoms with Gasteiger partial charge in [0, 0.05) is 10.6 Å². The molecule has 0 bridgehead atoms. The zero-order chi connectivity index (χ0) is 22.0. The summed E-state index contributed by atoms with van der Waals surface area (Å²) in [5.74, 6) is -0.523. The predicted molar refractivity (Wildman–Crippen MR) is 120 cm³/mol. The van der Waals surface area contributed by atoms with Gasteiger partial charge in [-0.15, -0.1) is 0 Å². The number of carbonyl (C=O) groups is 2. The Hall–Kier alpha value is -3.41. The van der Waals surface area contributed by atoms with Gasteiger partial charge in [0.25, 0.3) is 0 Å². The van der Waals surface area contributed by atoms with E-state index >= 15 is 0 Å². The van der Waals surface area contributed by atoms with E-state index < -0.39 is 11.9 Å². The minimum Gasteiger partial charge on any atom is -0.423 e. The highest BCUT2D eigenvalue weighted by atomic mass is 35.5. The van der Waals surface area contributed by atoms with Gasteiger partial charge in [0.15, 0.2) is 5.70 Å². The largest absolute Gasteiger partial charge is 0.423 e. The number of ether oxygens (including phenoxy) is 2. The number of hydrogen-bond acceptors (Lipinski definition) is 5. The van der Waals surface area contributed by atoms with Crippen LogP contribution >= 0.6 is 23.2 Å². The van der Waals surface area contributed by atoms with Gasteiger partial charge in [-0.3, -0.25) is 0 Å². The third-order valence-corrected chi connectivity index (χ3v) is 4.98. The molecule has 1 heterocycles. The van der Waals surface area contributed by atoms with Crippen LogP contribution in [0, 0.1) is 6.92 Å². The fourth-order valence-electron chi connectivity index (χ4n) is 2.92. The van der Waals surface area contributed by atoms with Crippen LogP contribution in [0.4, 0.5) is 0 Å². The molecule has 0 spiro atoms. The predicted octanol–water partition coefficient (Wildman–Crippen LogP) is 5.87. The maximum atomic E-state index is 12.3. The van der Waals surface area contributed by atoms with Gasteiger partial charge < -0.3 is 9.47 Å². The molecule has 0 saturated carbocycles. The van der Waals surface area contributed by atoms with Crippen LogP contribution in [0.3, 0.4) is 0 Å². The number of aryl methyl sites for hydroxylation is 1. The molecule has 0 fully saturated rings. The van der Waals surface area contributed by atoms with Crippen molar-refractivity contribution in [2.24, 2.45) is 4.99 Å². The number of halogens is 2. The molecule has 4 rings (SSSR count). The summed E-state index contributed by atoms with van der Waals surface area (Å²) < 4.78 is 10.6. The van der Waals surface area contributed by atoms with Crippen molar-refractivity contribution in [2.75, 3.05) is 0 Å². The van der Waals surface area contributed by atoms with Gasteiger partial charge in [-0.1, -0.05) is 53.0 Å². The van der Waals surface area contributed by atoms with Crippen LogP contribution in [-0.2, 0) is 9.53 Å². The Bertz CT molecular complexity index is 1250. The maximum absolute atomic E-state index is 12.3. The van der Waals surface area contributed by atoms with Gasteiger partial charge in [-0.05, 0) is 61.0 Å². The molecule has 0 N–H and O–H groups in total. The van der Waals surface area contributed by atoms with E-state index in [0.717, 1.165) is 11.1 Å². The average molecular weight is 452 g/mol. The van der Waals surface area contributed by atoms with Gasteiger partial charge in [-0.2, -0.15) is 0 Å². The van der Waals surface area contributed by atoms with Gasteiger partial charge in [0.2, 0.25) is 5.90 Å². The third kappa shape index (κ3) is 4.85. The molecule has 154 valence electrons. The Morgan fingerprint density at radius 2 is 1.81 bits per heavy atom. The second-order valence-electron chi connectivity index (χ2n) is 6.79. The SMILES string of the molecule is Cc1cccc(C2=N/C(=C/c3ccc(OC(=O)c4ccc(Cl)cc4Cl)cc3)C(=O)O2)c1. The minimum absolute atomic E-state index is 0.189. The monoisotopic (exact) mass is 451 g/mol. The first-order valence-corrected chi connectivity index (χ1v) is 10.0. The number of aliphatic imine (C=N–C) groups is 1. The highest BCUT2D eigenvalue weighted by molar-refractivity contribution is 6.36. The summed E-state index contributed by atoms with van der Waals surface area (Å²) in [6, 6.07) is 18.7. The van der Waals surface area contributed by atoms with Gasteiger partial charge >= 0.3 is 11.9 Å². The van der Waals surface area contributed by atoms with E-state index in [1.165, 1.54) is 12.1 Å². The summed E-state index contributed by atoms with van der Waals surface area (Å²) in [4.78, 5) is 28.8. The molecule has 0 amide bonds. The first-order chi connectivity index (χ1) is 14.9. The lowest BCUT2D eigenvalue weighted by Gasteiger charge is -2.06. The Labute approximate surface area is 188 Å². The molecule has 0 radical (unpaired) electrons. The van der Waals surface area contributed by atoms with Crippen molar-refractivity contribution in [3.63, 3.8) is 0 Å². The van der Waals surface area contributed by atoms with Crippen LogP contribution in [-0.4, -0.2) is 17.8 Å². The van der Waals surface area contributed by atoms with Crippen LogP contribution in [0.25, 0.3) is 6.08 Å². The fraction of sp³-hybridized carbons (Fsp3) is 0.0417. The molecular weight excluding hydrogens is 437 g/mol. The van der Waals surface area contributed by atoms with E-state index in [4.69, 9.17) is 32.7 Å². The molecule has 0 atom stereocenters. The molecule has 0 saturated heterocycles. The van der Waals surface area contributed by atoms with Crippen molar-refractivity contribution < 1.29 is 19.1 Å². The highest BCUT2D eigenvalue weighted by Crippen LogP contribution is 2.24. The third-order valence-electron chi connectivity index (χ3n) is 4.43. The van der Waals surface area contributed by atoms with Crippen molar-refractivity contribution in [3.8, 4) is 5.75 Å². The maximum Gasteiger partial charge on any atom is 0.363 e. The van der Waals surface area contributed by atoms with E-state index in [9.17, 15) is 9.59 Å². The van der Waals surface area contributed by atoms with E-state index in [2.05, 4.69) is 4.99 Å². The molecule has 3 aromatic rings. The highest BCUT2D eigenvalue weighted by Gasteiger charge is 2.24. The van der Waals surface area contributed by atoms with E-state index in [1.54, 1.807) is 36.4 Å². The number of hydrogen-bond donors (Lipinski definition) is 0. The standard InChI is InChI=1S/C24H15Cl2NO4/c1-14-3-2-4-16(11-14)22-27-21(24(29)31-22)12-15-5-8-18(9-6-15)30-23(28)19-10-7-17(25)13-20(19)26/h2-13H,1H3/b21-12+. The van der Waals surface area contributed by atoms with E-state index in [-0.39, 0.29) is 22.2 Å². The van der Waals surface area contributed by atoms with Gasteiger partial charge in [0.05, 0.1) is 10.6 Å². The molecule has 1 aliphatic heterocycles. The fourth-order valence-corrected chi connectivity index (χ4v) is 3.40. The Balaban J connectivity index is 1.49. The molecule has 31 heavy (non-hydrogen) atoms. The van der Waals surface area contributed by atoms with E-state index in [0.29, 0.717) is 16.3 Å². The molecule has 0 aliphatic carbocycles. The van der Waals surface area contributed by atoms with Crippen molar-refractivity contribution in [1.82, 2.24) is 0 Å². The topological polar surface area (TPSA) is 65.0 Å². The van der Waals surface area contributed by atoms with Crippen LogP contribution in [0.5, 0.6) is 5.75 Å². The van der Waals surface area contributed by atoms with Gasteiger partial charge in [-0.25, -0.2) is 14.6 Å². The summed E-state index contributed by atoms with van der Waals surface area (Å²) in [6.07, 6.45) is 1.60. The summed E-state index contributed by atoms with van der Waals surface area (Å²) in [6.45, 7) is 1.95. The Morgan fingerprint density at radius 3 is 2.52 bits per heavy atom. The number of cyclic esters (lactones) is 1. The van der Waals surface area contributed by atoms with E-state index in [1.807, 2.05) is 31.2 Å². The van der Waals surface area contributed by atoms with Crippen molar-refractivity contribution in [3.05, 3.63) is 105 Å². The molecule has 1 aliphatic rings. The molecule has 5 nitrogen and oxygen atoms in total. The van der Waals surface area contributed by atoms with Crippen LogP contribution in [0.15, 0.2) is 77.4 Å².